The summed E-state index contributed by atoms with van der Waals surface area (Å²) in [4.78, 5) is 11.9. The van der Waals surface area contributed by atoms with Gasteiger partial charge in [0.1, 0.15) is 10.8 Å². The average molecular weight is 365 g/mol. The van der Waals surface area contributed by atoms with Crippen molar-refractivity contribution in [2.45, 2.75) is 13.0 Å². The molecule has 0 bridgehead atoms. The van der Waals surface area contributed by atoms with Gasteiger partial charge in [0, 0.05) is 10.0 Å². The van der Waals surface area contributed by atoms with Crippen molar-refractivity contribution in [1.29, 1.82) is 0 Å². The molecule has 2 aromatic rings. The molecule has 0 spiro atoms. The first-order chi connectivity index (χ1) is 9.40. The lowest BCUT2D eigenvalue weighted by Crippen LogP contribution is -2.25. The molecular formula is C13H9BrClF2NO2. The van der Waals surface area contributed by atoms with E-state index in [1.165, 1.54) is 30.3 Å². The van der Waals surface area contributed by atoms with Gasteiger partial charge in [-0.05, 0) is 46.3 Å². The van der Waals surface area contributed by atoms with Gasteiger partial charge in [-0.15, -0.1) is 0 Å². The maximum Gasteiger partial charge on any atom is 0.269 e. The van der Waals surface area contributed by atoms with E-state index in [1.807, 2.05) is 0 Å². The van der Waals surface area contributed by atoms with Crippen LogP contribution >= 0.6 is 27.5 Å². The standard InChI is InChI=1S/C13H9BrClF2NO2/c14-9-5-7(19)1-2-8(9)11-4-3-10(15)13(20)18(11)6-12(16)17/h1-5,12,19H,6H2. The van der Waals surface area contributed by atoms with Crippen LogP contribution in [0.2, 0.25) is 5.02 Å². The Bertz CT molecular complexity index is 703. The number of phenols is 1. The van der Waals surface area contributed by atoms with E-state index in [9.17, 15) is 18.7 Å². The van der Waals surface area contributed by atoms with Crippen LogP contribution in [0.3, 0.4) is 0 Å². The minimum absolute atomic E-state index is 0.0253. The van der Waals surface area contributed by atoms with Crippen LogP contribution < -0.4 is 5.56 Å². The van der Waals surface area contributed by atoms with Gasteiger partial charge in [0.25, 0.3) is 12.0 Å². The van der Waals surface area contributed by atoms with E-state index in [0.717, 1.165) is 4.57 Å². The average Bonchev–Trinajstić information content (AvgIpc) is 2.36. The fourth-order valence-electron chi connectivity index (χ4n) is 1.82. The smallest absolute Gasteiger partial charge is 0.269 e. The van der Waals surface area contributed by atoms with Gasteiger partial charge in [0.05, 0.1) is 12.2 Å². The molecule has 0 saturated heterocycles. The fraction of sp³-hybridized carbons (Fsp3) is 0.154. The molecule has 1 heterocycles. The number of nitrogens with zero attached hydrogens (tertiary/aromatic N) is 1. The Morgan fingerprint density at radius 2 is 2.00 bits per heavy atom. The van der Waals surface area contributed by atoms with E-state index >= 15 is 0 Å². The second-order valence-corrected chi connectivity index (χ2v) is 5.30. The SMILES string of the molecule is O=c1c(Cl)ccc(-c2ccc(O)cc2Br)n1CC(F)F. The van der Waals surface area contributed by atoms with E-state index in [4.69, 9.17) is 11.6 Å². The van der Waals surface area contributed by atoms with Gasteiger partial charge in [0.15, 0.2) is 0 Å². The normalized spacial score (nSPS) is 11.1. The predicted octanol–water partition coefficient (Wildman–Crippen LogP) is 3.90. The summed E-state index contributed by atoms with van der Waals surface area (Å²) in [5.74, 6) is 0.0253. The molecule has 20 heavy (non-hydrogen) atoms. The van der Waals surface area contributed by atoms with Gasteiger partial charge in [-0.3, -0.25) is 4.79 Å². The lowest BCUT2D eigenvalue weighted by molar-refractivity contribution is 0.126. The number of phenolic OH excluding ortho intramolecular Hbond substituents is 1. The molecular weight excluding hydrogens is 356 g/mol. The number of rotatable bonds is 3. The van der Waals surface area contributed by atoms with Gasteiger partial charge in [-0.25, -0.2) is 8.78 Å². The van der Waals surface area contributed by atoms with Crippen LogP contribution in [0.15, 0.2) is 39.6 Å². The van der Waals surface area contributed by atoms with Crippen molar-refractivity contribution < 1.29 is 13.9 Å². The highest BCUT2D eigenvalue weighted by molar-refractivity contribution is 9.10. The van der Waals surface area contributed by atoms with Crippen molar-refractivity contribution in [3.63, 3.8) is 0 Å². The monoisotopic (exact) mass is 363 g/mol. The predicted molar refractivity (Wildman–Crippen MR) is 76.5 cm³/mol. The minimum Gasteiger partial charge on any atom is -0.508 e. The molecule has 0 aliphatic carbocycles. The van der Waals surface area contributed by atoms with Crippen LogP contribution in [-0.2, 0) is 6.54 Å². The highest BCUT2D eigenvalue weighted by Gasteiger charge is 2.15. The van der Waals surface area contributed by atoms with E-state index in [0.29, 0.717) is 15.7 Å². The molecule has 0 fully saturated rings. The first-order valence-electron chi connectivity index (χ1n) is 5.56. The number of alkyl halides is 2. The van der Waals surface area contributed by atoms with Crippen molar-refractivity contribution in [2.24, 2.45) is 0 Å². The Balaban J connectivity index is 2.67. The van der Waals surface area contributed by atoms with Gasteiger partial charge in [0.2, 0.25) is 0 Å². The first kappa shape index (κ1) is 15.0. The summed E-state index contributed by atoms with van der Waals surface area (Å²) in [6.45, 7) is -0.748. The molecule has 1 N–H and O–H groups in total. The summed E-state index contributed by atoms with van der Waals surface area (Å²) in [7, 11) is 0. The van der Waals surface area contributed by atoms with Gasteiger partial charge in [-0.1, -0.05) is 11.6 Å². The van der Waals surface area contributed by atoms with Gasteiger partial charge >= 0.3 is 0 Å². The molecule has 0 unspecified atom stereocenters. The minimum atomic E-state index is -2.68. The molecule has 0 radical (unpaired) electrons. The Morgan fingerprint density at radius 1 is 1.30 bits per heavy atom. The number of halogens is 4. The highest BCUT2D eigenvalue weighted by atomic mass is 79.9. The number of benzene rings is 1. The zero-order chi connectivity index (χ0) is 14.9. The lowest BCUT2D eigenvalue weighted by atomic mass is 10.1. The van der Waals surface area contributed by atoms with Crippen LogP contribution in [-0.4, -0.2) is 16.1 Å². The molecule has 0 amide bonds. The van der Waals surface area contributed by atoms with Crippen molar-refractivity contribution in [3.8, 4) is 17.0 Å². The third-order valence-electron chi connectivity index (χ3n) is 2.68. The van der Waals surface area contributed by atoms with Crippen LogP contribution in [0.25, 0.3) is 11.3 Å². The Kier molecular flexibility index (Phi) is 4.45. The first-order valence-corrected chi connectivity index (χ1v) is 6.73. The summed E-state index contributed by atoms with van der Waals surface area (Å²) in [5.41, 5.74) is 0.133. The summed E-state index contributed by atoms with van der Waals surface area (Å²) < 4.78 is 26.7. The molecule has 0 atom stereocenters. The van der Waals surface area contributed by atoms with E-state index in [1.54, 1.807) is 0 Å². The highest BCUT2D eigenvalue weighted by Crippen LogP contribution is 2.31. The molecule has 0 aliphatic heterocycles. The quantitative estimate of drug-likeness (QED) is 0.897. The van der Waals surface area contributed by atoms with E-state index < -0.39 is 18.5 Å². The van der Waals surface area contributed by atoms with Crippen LogP contribution in [0.5, 0.6) is 5.75 Å². The maximum atomic E-state index is 12.6. The molecule has 7 heteroatoms. The lowest BCUT2D eigenvalue weighted by Gasteiger charge is -2.14. The van der Waals surface area contributed by atoms with Crippen molar-refractivity contribution in [2.75, 3.05) is 0 Å². The second-order valence-electron chi connectivity index (χ2n) is 4.04. The molecule has 2 rings (SSSR count). The molecule has 3 nitrogen and oxygen atoms in total. The van der Waals surface area contributed by atoms with Crippen molar-refractivity contribution in [1.82, 2.24) is 4.57 Å². The fourth-order valence-corrected chi connectivity index (χ4v) is 2.55. The number of hydrogen-bond acceptors (Lipinski definition) is 2. The number of aromatic nitrogens is 1. The molecule has 106 valence electrons. The molecule has 1 aromatic carbocycles. The van der Waals surface area contributed by atoms with Crippen LogP contribution in [0.4, 0.5) is 8.78 Å². The zero-order valence-corrected chi connectivity index (χ0v) is 12.3. The maximum absolute atomic E-state index is 12.6. The molecule has 1 aromatic heterocycles. The Hall–Kier alpha value is -1.40. The molecule has 0 aliphatic rings. The topological polar surface area (TPSA) is 42.2 Å². The number of pyridine rings is 1. The largest absolute Gasteiger partial charge is 0.508 e. The summed E-state index contributed by atoms with van der Waals surface area (Å²) in [6, 6.07) is 7.21. The Labute approximate surface area is 126 Å². The second kappa shape index (κ2) is 5.93. The van der Waals surface area contributed by atoms with Gasteiger partial charge in [-0.2, -0.15) is 0 Å². The third-order valence-corrected chi connectivity index (χ3v) is 3.62. The van der Waals surface area contributed by atoms with E-state index in [2.05, 4.69) is 15.9 Å². The number of hydrogen-bond donors (Lipinski definition) is 1. The van der Waals surface area contributed by atoms with Crippen LogP contribution in [0.1, 0.15) is 0 Å². The summed E-state index contributed by atoms with van der Waals surface area (Å²) >= 11 is 8.92. The third kappa shape index (κ3) is 3.02. The van der Waals surface area contributed by atoms with Crippen LogP contribution in [0, 0.1) is 0 Å². The Morgan fingerprint density at radius 3 is 2.60 bits per heavy atom. The van der Waals surface area contributed by atoms with Crippen molar-refractivity contribution >= 4 is 27.5 Å². The van der Waals surface area contributed by atoms with Gasteiger partial charge < -0.3 is 9.67 Å². The summed E-state index contributed by atoms with van der Waals surface area (Å²) in [6.07, 6.45) is -2.68. The molecule has 0 saturated carbocycles. The van der Waals surface area contributed by atoms with E-state index in [-0.39, 0.29) is 10.8 Å². The number of aromatic hydroxyl groups is 1. The van der Waals surface area contributed by atoms with Crippen molar-refractivity contribution in [3.05, 3.63) is 50.2 Å². The summed E-state index contributed by atoms with van der Waals surface area (Å²) in [5, 5.41) is 9.24. The zero-order valence-electron chi connectivity index (χ0n) is 9.99.